The highest BCUT2D eigenvalue weighted by molar-refractivity contribution is 6.41. The maximum absolute atomic E-state index is 6.39. The lowest BCUT2D eigenvalue weighted by molar-refractivity contribution is 1.77. The molecule has 0 aromatic heterocycles. The lowest BCUT2D eigenvalue weighted by atomic mass is 9.87. The van der Waals surface area contributed by atoms with Crippen LogP contribution >= 0.6 is 23.2 Å². The molecule has 0 aliphatic heterocycles. The van der Waals surface area contributed by atoms with E-state index in [1.807, 2.05) is 12.1 Å². The van der Waals surface area contributed by atoms with Crippen molar-refractivity contribution < 1.29 is 0 Å². The Balaban J connectivity index is 2.10. The molecule has 28 heavy (non-hydrogen) atoms. The third-order valence-corrected chi connectivity index (χ3v) is 6.20. The predicted molar refractivity (Wildman–Crippen MR) is 124 cm³/mol. The van der Waals surface area contributed by atoms with Crippen LogP contribution in [0.4, 0.5) is 0 Å². The average Bonchev–Trinajstić information content (AvgIpc) is 2.73. The van der Waals surface area contributed by atoms with Crippen molar-refractivity contribution in [1.82, 2.24) is 0 Å². The van der Waals surface area contributed by atoms with Gasteiger partial charge in [-0.1, -0.05) is 83.9 Å². The van der Waals surface area contributed by atoms with Crippen molar-refractivity contribution in [2.24, 2.45) is 0 Å². The zero-order valence-electron chi connectivity index (χ0n) is 14.8. The van der Waals surface area contributed by atoms with Gasteiger partial charge in [0.2, 0.25) is 0 Å². The number of halogens is 2. The summed E-state index contributed by atoms with van der Waals surface area (Å²) in [4.78, 5) is 0. The summed E-state index contributed by atoms with van der Waals surface area (Å²) in [6.07, 6.45) is 0. The first-order valence-corrected chi connectivity index (χ1v) is 10.0. The van der Waals surface area contributed by atoms with E-state index in [9.17, 15) is 0 Å². The van der Waals surface area contributed by atoms with Gasteiger partial charge in [0.05, 0.1) is 0 Å². The van der Waals surface area contributed by atoms with Crippen LogP contribution in [0, 0.1) is 0 Å². The molecule has 0 spiro atoms. The van der Waals surface area contributed by atoms with Gasteiger partial charge in [0.25, 0.3) is 0 Å². The molecule has 0 saturated heterocycles. The van der Waals surface area contributed by atoms with E-state index in [-0.39, 0.29) is 0 Å². The number of hydrogen-bond acceptors (Lipinski definition) is 0. The van der Waals surface area contributed by atoms with Crippen LogP contribution in [0.15, 0.2) is 84.9 Å². The van der Waals surface area contributed by atoms with Gasteiger partial charge < -0.3 is 0 Å². The Labute approximate surface area is 171 Å². The first-order valence-electron chi connectivity index (χ1n) is 9.26. The van der Waals surface area contributed by atoms with Crippen LogP contribution < -0.4 is 0 Å². The molecule has 132 valence electrons. The molecule has 0 radical (unpaired) electrons. The fourth-order valence-electron chi connectivity index (χ4n) is 4.62. The molecule has 0 bridgehead atoms. The molecule has 0 N–H and O–H groups in total. The summed E-state index contributed by atoms with van der Waals surface area (Å²) in [6, 6.07) is 29.7. The van der Waals surface area contributed by atoms with Gasteiger partial charge >= 0.3 is 0 Å². The molecule has 6 aromatic carbocycles. The maximum Gasteiger partial charge on any atom is 0.0412 e. The van der Waals surface area contributed by atoms with E-state index in [4.69, 9.17) is 23.2 Å². The molecule has 0 atom stereocenters. The second-order valence-electron chi connectivity index (χ2n) is 7.22. The van der Waals surface area contributed by atoms with Gasteiger partial charge in [-0.15, -0.1) is 0 Å². The van der Waals surface area contributed by atoms with E-state index < -0.39 is 0 Å². The van der Waals surface area contributed by atoms with Crippen molar-refractivity contribution >= 4 is 77.1 Å². The van der Waals surface area contributed by atoms with Crippen molar-refractivity contribution in [3.05, 3.63) is 95.0 Å². The summed E-state index contributed by atoms with van der Waals surface area (Å²) < 4.78 is 0. The molecule has 0 saturated carbocycles. The lowest BCUT2D eigenvalue weighted by Gasteiger charge is -2.16. The van der Waals surface area contributed by atoms with Crippen molar-refractivity contribution in [3.8, 4) is 0 Å². The number of hydrogen-bond donors (Lipinski definition) is 0. The lowest BCUT2D eigenvalue weighted by Crippen LogP contribution is -1.88. The number of benzene rings is 6. The van der Waals surface area contributed by atoms with Crippen LogP contribution in [-0.2, 0) is 0 Å². The molecule has 2 heteroatoms. The van der Waals surface area contributed by atoms with Gasteiger partial charge in [0.1, 0.15) is 0 Å². The molecule has 0 unspecified atom stereocenters. The summed E-state index contributed by atoms with van der Waals surface area (Å²) in [5.41, 5.74) is 0. The third kappa shape index (κ3) is 2.13. The highest BCUT2D eigenvalue weighted by Gasteiger charge is 2.15. The van der Waals surface area contributed by atoms with Crippen molar-refractivity contribution in [3.63, 3.8) is 0 Å². The largest absolute Gasteiger partial charge is 0.0843 e. The van der Waals surface area contributed by atoms with Gasteiger partial charge in [0, 0.05) is 10.0 Å². The zero-order chi connectivity index (χ0) is 18.8. The zero-order valence-corrected chi connectivity index (χ0v) is 16.4. The molecule has 0 aliphatic rings. The van der Waals surface area contributed by atoms with E-state index in [2.05, 4.69) is 72.8 Å². The van der Waals surface area contributed by atoms with E-state index >= 15 is 0 Å². The molecular weight excluding hydrogens is 383 g/mol. The second kappa shape index (κ2) is 5.85. The van der Waals surface area contributed by atoms with Crippen LogP contribution in [-0.4, -0.2) is 0 Å². The Hall–Kier alpha value is -2.80. The standard InChI is InChI=1S/C26H14Cl2/c27-15-9-11-21-23(13-15)24-14-16(28)10-12-22(24)26-20-8-4-2-6-18(20)17-5-1-3-7-19(17)25(21)26/h1-14H. The van der Waals surface area contributed by atoms with Crippen molar-refractivity contribution in [2.45, 2.75) is 0 Å². The van der Waals surface area contributed by atoms with Gasteiger partial charge in [-0.05, 0) is 78.1 Å². The average molecular weight is 397 g/mol. The summed E-state index contributed by atoms with van der Waals surface area (Å²) in [6.45, 7) is 0. The van der Waals surface area contributed by atoms with Crippen LogP contribution in [0.3, 0.4) is 0 Å². The van der Waals surface area contributed by atoms with Crippen LogP contribution in [0.25, 0.3) is 53.9 Å². The smallest absolute Gasteiger partial charge is 0.0412 e. The van der Waals surface area contributed by atoms with Crippen LogP contribution in [0.5, 0.6) is 0 Å². The molecule has 0 heterocycles. The minimum atomic E-state index is 0.734. The van der Waals surface area contributed by atoms with E-state index in [0.29, 0.717) is 0 Å². The topological polar surface area (TPSA) is 0 Å². The molecule has 0 aliphatic carbocycles. The van der Waals surface area contributed by atoms with Gasteiger partial charge in [-0.3, -0.25) is 0 Å². The first kappa shape index (κ1) is 16.2. The molecule has 6 rings (SSSR count). The van der Waals surface area contributed by atoms with Gasteiger partial charge in [-0.25, -0.2) is 0 Å². The minimum absolute atomic E-state index is 0.734. The fourth-order valence-corrected chi connectivity index (χ4v) is 4.96. The van der Waals surface area contributed by atoms with Crippen molar-refractivity contribution in [1.29, 1.82) is 0 Å². The predicted octanol–water partition coefficient (Wildman–Crippen LogP) is 8.76. The highest BCUT2D eigenvalue weighted by atomic mass is 35.5. The molecule has 6 aromatic rings. The van der Waals surface area contributed by atoms with Crippen LogP contribution in [0.1, 0.15) is 0 Å². The third-order valence-electron chi connectivity index (χ3n) is 5.73. The summed E-state index contributed by atoms with van der Waals surface area (Å²) in [5.74, 6) is 0. The first-order chi connectivity index (χ1) is 13.7. The minimum Gasteiger partial charge on any atom is -0.0843 e. The molecular formula is C26H14Cl2. The summed E-state index contributed by atoms with van der Waals surface area (Å²) in [5, 5.41) is 13.8. The summed E-state index contributed by atoms with van der Waals surface area (Å²) in [7, 11) is 0. The normalized spacial score (nSPS) is 11.9. The molecule has 0 amide bonds. The van der Waals surface area contributed by atoms with E-state index in [1.165, 1.54) is 43.1 Å². The Morgan fingerprint density at radius 1 is 0.357 bits per heavy atom. The Morgan fingerprint density at radius 3 is 1.14 bits per heavy atom. The SMILES string of the molecule is Clc1ccc2c(c1)c1cc(Cl)ccc1c1c3ccccc3c3ccccc3c21. The number of rotatable bonds is 0. The van der Waals surface area contributed by atoms with Crippen molar-refractivity contribution in [2.75, 3.05) is 0 Å². The second-order valence-corrected chi connectivity index (χ2v) is 8.09. The molecule has 0 nitrogen and oxygen atoms in total. The Bertz CT molecular complexity index is 1460. The quantitative estimate of drug-likeness (QED) is 0.225. The highest BCUT2D eigenvalue weighted by Crippen LogP contribution is 2.44. The van der Waals surface area contributed by atoms with Gasteiger partial charge in [0.15, 0.2) is 0 Å². The summed E-state index contributed by atoms with van der Waals surface area (Å²) >= 11 is 12.8. The fraction of sp³-hybridized carbons (Fsp3) is 0. The monoisotopic (exact) mass is 396 g/mol. The van der Waals surface area contributed by atoms with E-state index in [1.54, 1.807) is 0 Å². The Morgan fingerprint density at radius 2 is 0.714 bits per heavy atom. The van der Waals surface area contributed by atoms with E-state index in [0.717, 1.165) is 20.8 Å². The van der Waals surface area contributed by atoms with Gasteiger partial charge in [-0.2, -0.15) is 0 Å². The maximum atomic E-state index is 6.39. The Kier molecular flexibility index (Phi) is 3.38. The molecule has 0 fully saturated rings. The van der Waals surface area contributed by atoms with Crippen LogP contribution in [0.2, 0.25) is 10.0 Å². The number of fused-ring (bicyclic) bond motifs is 11.